The van der Waals surface area contributed by atoms with Gasteiger partial charge >= 0.3 is 0 Å². The number of hydrogen-bond acceptors (Lipinski definition) is 3. The van der Waals surface area contributed by atoms with E-state index < -0.39 is 10.0 Å². The van der Waals surface area contributed by atoms with Gasteiger partial charge in [0, 0.05) is 6.04 Å². The molecule has 0 spiro atoms. The number of nitrogen functional groups attached to an aromatic ring is 1. The quantitative estimate of drug-likeness (QED) is 0.790. The maximum Gasteiger partial charge on any atom is 0.242 e. The third kappa shape index (κ3) is 2.74. The van der Waals surface area contributed by atoms with E-state index in [1.54, 1.807) is 26.0 Å². The van der Waals surface area contributed by atoms with Crippen LogP contribution in [0.5, 0.6) is 0 Å². The predicted molar refractivity (Wildman–Crippen MR) is 65.8 cm³/mol. The summed E-state index contributed by atoms with van der Waals surface area (Å²) in [7, 11) is -3.50. The van der Waals surface area contributed by atoms with Crippen LogP contribution in [0.3, 0.4) is 0 Å². The molecular weight excluding hydrogens is 224 g/mol. The van der Waals surface area contributed by atoms with Crippen LogP contribution < -0.4 is 10.5 Å². The maximum atomic E-state index is 11.9. The van der Waals surface area contributed by atoms with Crippen LogP contribution >= 0.6 is 0 Å². The largest absolute Gasteiger partial charge is 0.398 e. The summed E-state index contributed by atoms with van der Waals surface area (Å²) in [6.45, 7) is 7.31. The number of anilines is 1. The van der Waals surface area contributed by atoms with Crippen LogP contribution in [0.15, 0.2) is 17.0 Å². The van der Waals surface area contributed by atoms with Gasteiger partial charge in [0.05, 0.1) is 5.69 Å². The van der Waals surface area contributed by atoms with Crippen LogP contribution in [-0.2, 0) is 10.0 Å². The number of sulfonamides is 1. The second-order valence-electron chi connectivity index (χ2n) is 4.25. The minimum absolute atomic E-state index is 0.147. The molecule has 4 nitrogen and oxygen atoms in total. The van der Waals surface area contributed by atoms with E-state index in [2.05, 4.69) is 4.72 Å². The SMILES string of the molecule is Cc1cc(N)c(S(=O)(=O)NC(C)C)cc1C. The molecule has 0 aliphatic heterocycles. The van der Waals surface area contributed by atoms with Crippen molar-refractivity contribution in [2.45, 2.75) is 38.6 Å². The topological polar surface area (TPSA) is 72.2 Å². The molecule has 0 saturated carbocycles. The number of hydrogen-bond donors (Lipinski definition) is 2. The molecule has 0 atom stereocenters. The highest BCUT2D eigenvalue weighted by atomic mass is 32.2. The van der Waals surface area contributed by atoms with Gasteiger partial charge in [-0.2, -0.15) is 0 Å². The van der Waals surface area contributed by atoms with Gasteiger partial charge in [-0.3, -0.25) is 0 Å². The van der Waals surface area contributed by atoms with Crippen LogP contribution in [0.1, 0.15) is 25.0 Å². The van der Waals surface area contributed by atoms with Gasteiger partial charge < -0.3 is 5.73 Å². The Morgan fingerprint density at radius 1 is 1.19 bits per heavy atom. The zero-order valence-corrected chi connectivity index (χ0v) is 10.9. The molecule has 5 heteroatoms. The van der Waals surface area contributed by atoms with Gasteiger partial charge in [-0.25, -0.2) is 13.1 Å². The fourth-order valence-corrected chi connectivity index (χ4v) is 2.87. The standard InChI is InChI=1S/C11H18N2O2S/c1-7(2)13-16(14,15)11-6-9(4)8(3)5-10(11)12/h5-7,13H,12H2,1-4H3. The van der Waals surface area contributed by atoms with Crippen molar-refractivity contribution >= 4 is 15.7 Å². The zero-order chi connectivity index (χ0) is 12.5. The average Bonchev–Trinajstić information content (AvgIpc) is 2.08. The molecule has 0 aromatic heterocycles. The Morgan fingerprint density at radius 2 is 1.69 bits per heavy atom. The lowest BCUT2D eigenvalue weighted by Gasteiger charge is -2.13. The van der Waals surface area contributed by atoms with Crippen LogP contribution in [0.4, 0.5) is 5.69 Å². The highest BCUT2D eigenvalue weighted by molar-refractivity contribution is 7.89. The Kier molecular flexibility index (Phi) is 3.60. The molecular formula is C11H18N2O2S. The maximum absolute atomic E-state index is 11.9. The smallest absolute Gasteiger partial charge is 0.242 e. The molecule has 0 heterocycles. The summed E-state index contributed by atoms with van der Waals surface area (Å²) in [5.41, 5.74) is 7.92. The molecule has 0 radical (unpaired) electrons. The van der Waals surface area contributed by atoms with Gasteiger partial charge in [-0.15, -0.1) is 0 Å². The number of aryl methyl sites for hydroxylation is 2. The van der Waals surface area contributed by atoms with Crippen LogP contribution in [0.25, 0.3) is 0 Å². The van der Waals surface area contributed by atoms with Gasteiger partial charge in [0.15, 0.2) is 0 Å². The monoisotopic (exact) mass is 242 g/mol. The Hall–Kier alpha value is -1.07. The summed E-state index contributed by atoms with van der Waals surface area (Å²) in [4.78, 5) is 0.157. The second kappa shape index (κ2) is 4.43. The summed E-state index contributed by atoms with van der Waals surface area (Å²) in [6.07, 6.45) is 0. The Morgan fingerprint density at radius 3 is 2.19 bits per heavy atom. The van der Waals surface area contributed by atoms with Crippen molar-refractivity contribution in [3.8, 4) is 0 Å². The molecule has 0 aliphatic rings. The van der Waals surface area contributed by atoms with Crippen molar-refractivity contribution in [3.05, 3.63) is 23.3 Å². The molecule has 1 aromatic rings. The number of rotatable bonds is 3. The minimum atomic E-state index is -3.50. The van der Waals surface area contributed by atoms with Crippen molar-refractivity contribution in [1.29, 1.82) is 0 Å². The van der Waals surface area contributed by atoms with E-state index in [1.807, 2.05) is 13.8 Å². The van der Waals surface area contributed by atoms with E-state index in [1.165, 1.54) is 0 Å². The number of benzene rings is 1. The van der Waals surface area contributed by atoms with E-state index in [9.17, 15) is 8.42 Å². The van der Waals surface area contributed by atoms with Crippen LogP contribution in [0.2, 0.25) is 0 Å². The molecule has 16 heavy (non-hydrogen) atoms. The molecule has 0 bridgehead atoms. The molecule has 0 unspecified atom stereocenters. The molecule has 0 amide bonds. The Labute approximate surface area is 96.9 Å². The second-order valence-corrected chi connectivity index (χ2v) is 5.93. The van der Waals surface area contributed by atoms with Crippen LogP contribution in [-0.4, -0.2) is 14.5 Å². The molecule has 0 aliphatic carbocycles. The van der Waals surface area contributed by atoms with Gasteiger partial charge in [-0.05, 0) is 51.0 Å². The fraction of sp³-hybridized carbons (Fsp3) is 0.455. The van der Waals surface area contributed by atoms with Gasteiger partial charge in [0.2, 0.25) is 10.0 Å². The van der Waals surface area contributed by atoms with Crippen molar-refractivity contribution in [3.63, 3.8) is 0 Å². The molecule has 3 N–H and O–H groups in total. The molecule has 1 aromatic carbocycles. The highest BCUT2D eigenvalue weighted by Gasteiger charge is 2.19. The van der Waals surface area contributed by atoms with Crippen LogP contribution in [0, 0.1) is 13.8 Å². The summed E-state index contributed by atoms with van der Waals surface area (Å²) < 4.78 is 26.4. The van der Waals surface area contributed by atoms with Gasteiger partial charge in [-0.1, -0.05) is 0 Å². The van der Waals surface area contributed by atoms with Crippen molar-refractivity contribution < 1.29 is 8.42 Å². The lowest BCUT2D eigenvalue weighted by Crippen LogP contribution is -2.30. The fourth-order valence-electron chi connectivity index (χ4n) is 1.42. The first kappa shape index (κ1) is 13.0. The van der Waals surface area contributed by atoms with E-state index in [0.29, 0.717) is 0 Å². The molecule has 1 rings (SSSR count). The van der Waals surface area contributed by atoms with Crippen molar-refractivity contribution in [2.24, 2.45) is 0 Å². The first-order valence-corrected chi connectivity index (χ1v) is 6.61. The van der Waals surface area contributed by atoms with E-state index in [4.69, 9.17) is 5.73 Å². The Balaban J connectivity index is 3.29. The number of nitrogens with two attached hydrogens (primary N) is 1. The zero-order valence-electron chi connectivity index (χ0n) is 10.0. The van der Waals surface area contributed by atoms with E-state index in [-0.39, 0.29) is 16.6 Å². The first-order valence-electron chi connectivity index (χ1n) is 5.13. The summed E-state index contributed by atoms with van der Waals surface area (Å²) in [5, 5.41) is 0. The lowest BCUT2D eigenvalue weighted by molar-refractivity contribution is 0.570. The predicted octanol–water partition coefficient (Wildman–Crippen LogP) is 1.57. The Bertz CT molecular complexity index is 493. The number of nitrogens with one attached hydrogen (secondary N) is 1. The summed E-state index contributed by atoms with van der Waals surface area (Å²) in [6, 6.07) is 3.14. The molecule has 0 fully saturated rings. The normalized spacial score (nSPS) is 12.1. The summed E-state index contributed by atoms with van der Waals surface area (Å²) in [5.74, 6) is 0. The minimum Gasteiger partial charge on any atom is -0.398 e. The van der Waals surface area contributed by atoms with E-state index >= 15 is 0 Å². The molecule has 90 valence electrons. The highest BCUT2D eigenvalue weighted by Crippen LogP contribution is 2.22. The summed E-state index contributed by atoms with van der Waals surface area (Å²) >= 11 is 0. The average molecular weight is 242 g/mol. The third-order valence-corrected chi connectivity index (χ3v) is 4.02. The lowest BCUT2D eigenvalue weighted by atomic mass is 10.1. The van der Waals surface area contributed by atoms with Gasteiger partial charge in [0.25, 0.3) is 0 Å². The van der Waals surface area contributed by atoms with Crippen molar-refractivity contribution in [1.82, 2.24) is 4.72 Å². The van der Waals surface area contributed by atoms with Gasteiger partial charge in [0.1, 0.15) is 4.90 Å². The van der Waals surface area contributed by atoms with Crippen molar-refractivity contribution in [2.75, 3.05) is 5.73 Å². The van der Waals surface area contributed by atoms with E-state index in [0.717, 1.165) is 11.1 Å². The molecule has 0 saturated heterocycles. The third-order valence-electron chi connectivity index (χ3n) is 2.31. The first-order chi connectivity index (χ1) is 7.24.